The van der Waals surface area contributed by atoms with Gasteiger partial charge in [-0.3, -0.25) is 4.79 Å². The first-order valence-corrected chi connectivity index (χ1v) is 8.24. The van der Waals surface area contributed by atoms with E-state index in [1.807, 2.05) is 4.90 Å². The highest BCUT2D eigenvalue weighted by Crippen LogP contribution is 2.41. The van der Waals surface area contributed by atoms with Gasteiger partial charge in [-0.1, -0.05) is 6.42 Å². The minimum absolute atomic E-state index is 0.149. The summed E-state index contributed by atoms with van der Waals surface area (Å²) in [6.07, 6.45) is 5.11. The number of amides is 1. The average molecular weight is 297 g/mol. The molecule has 5 heteroatoms. The number of rotatable bonds is 3. The second kappa shape index (κ2) is 6.63. The monoisotopic (exact) mass is 297 g/mol. The SMILES string of the molecule is COC[C@@H]1CCC[C@@]12CN(C(=O)C1CCOCC1)CCO2. The van der Waals surface area contributed by atoms with Gasteiger partial charge in [0.2, 0.25) is 5.91 Å². The molecule has 120 valence electrons. The van der Waals surface area contributed by atoms with E-state index in [1.165, 1.54) is 6.42 Å². The van der Waals surface area contributed by atoms with Crippen LogP contribution in [0.5, 0.6) is 0 Å². The summed E-state index contributed by atoms with van der Waals surface area (Å²) in [5.41, 5.74) is -0.158. The van der Waals surface area contributed by atoms with Crippen LogP contribution in [-0.2, 0) is 19.0 Å². The van der Waals surface area contributed by atoms with Gasteiger partial charge in [0.05, 0.1) is 25.4 Å². The second-order valence-corrected chi connectivity index (χ2v) is 6.60. The van der Waals surface area contributed by atoms with Crippen molar-refractivity contribution in [1.82, 2.24) is 4.90 Å². The molecule has 2 saturated heterocycles. The zero-order chi connectivity index (χ0) is 14.7. The van der Waals surface area contributed by atoms with Gasteiger partial charge >= 0.3 is 0 Å². The van der Waals surface area contributed by atoms with Gasteiger partial charge in [-0.15, -0.1) is 0 Å². The van der Waals surface area contributed by atoms with Gasteiger partial charge in [0.15, 0.2) is 0 Å². The molecule has 0 radical (unpaired) electrons. The first kappa shape index (κ1) is 15.3. The zero-order valence-corrected chi connectivity index (χ0v) is 13.0. The molecule has 3 rings (SSSR count). The number of methoxy groups -OCH3 is 1. The average Bonchev–Trinajstić information content (AvgIpc) is 2.90. The number of nitrogens with zero attached hydrogens (tertiary/aromatic N) is 1. The van der Waals surface area contributed by atoms with Crippen LogP contribution in [0.25, 0.3) is 0 Å². The number of morpholine rings is 1. The smallest absolute Gasteiger partial charge is 0.226 e. The summed E-state index contributed by atoms with van der Waals surface area (Å²) in [5.74, 6) is 0.882. The summed E-state index contributed by atoms with van der Waals surface area (Å²) >= 11 is 0. The highest BCUT2D eigenvalue weighted by molar-refractivity contribution is 5.79. The predicted molar refractivity (Wildman–Crippen MR) is 78.0 cm³/mol. The summed E-state index contributed by atoms with van der Waals surface area (Å²) in [6.45, 7) is 4.32. The molecule has 3 aliphatic rings. The molecule has 0 aromatic heterocycles. The van der Waals surface area contributed by atoms with E-state index in [1.54, 1.807) is 7.11 Å². The molecule has 1 amide bonds. The maximum Gasteiger partial charge on any atom is 0.226 e. The third-order valence-corrected chi connectivity index (χ3v) is 5.36. The molecule has 0 aromatic rings. The third-order valence-electron chi connectivity index (χ3n) is 5.36. The molecule has 0 bridgehead atoms. The Morgan fingerprint density at radius 1 is 1.29 bits per heavy atom. The lowest BCUT2D eigenvalue weighted by Crippen LogP contribution is -2.57. The maximum absolute atomic E-state index is 12.7. The molecule has 2 atom stereocenters. The van der Waals surface area contributed by atoms with Gasteiger partial charge in [-0.25, -0.2) is 0 Å². The molecule has 1 spiro atoms. The van der Waals surface area contributed by atoms with Crippen LogP contribution >= 0.6 is 0 Å². The van der Waals surface area contributed by atoms with Crippen molar-refractivity contribution in [3.05, 3.63) is 0 Å². The molecule has 2 heterocycles. The van der Waals surface area contributed by atoms with E-state index in [0.717, 1.165) is 58.6 Å². The molecule has 1 saturated carbocycles. The van der Waals surface area contributed by atoms with Crippen molar-refractivity contribution in [3.63, 3.8) is 0 Å². The van der Waals surface area contributed by atoms with Crippen LogP contribution in [0.2, 0.25) is 0 Å². The van der Waals surface area contributed by atoms with Crippen molar-refractivity contribution in [3.8, 4) is 0 Å². The maximum atomic E-state index is 12.7. The van der Waals surface area contributed by atoms with E-state index in [-0.39, 0.29) is 11.5 Å². The summed E-state index contributed by atoms with van der Waals surface area (Å²) in [6, 6.07) is 0. The van der Waals surface area contributed by atoms with Crippen LogP contribution < -0.4 is 0 Å². The largest absolute Gasteiger partial charge is 0.384 e. The van der Waals surface area contributed by atoms with Crippen LogP contribution in [0, 0.1) is 11.8 Å². The van der Waals surface area contributed by atoms with Gasteiger partial charge in [0, 0.05) is 38.7 Å². The molecule has 0 N–H and O–H groups in total. The second-order valence-electron chi connectivity index (χ2n) is 6.60. The van der Waals surface area contributed by atoms with E-state index in [9.17, 15) is 4.79 Å². The Morgan fingerprint density at radius 3 is 2.86 bits per heavy atom. The van der Waals surface area contributed by atoms with E-state index in [0.29, 0.717) is 18.4 Å². The Bertz CT molecular complexity index is 369. The van der Waals surface area contributed by atoms with Crippen molar-refractivity contribution >= 4 is 5.91 Å². The molecule has 0 aromatic carbocycles. The Balaban J connectivity index is 1.66. The number of carbonyl (C=O) groups excluding carboxylic acids is 1. The zero-order valence-electron chi connectivity index (χ0n) is 13.0. The van der Waals surface area contributed by atoms with Gasteiger partial charge in [-0.2, -0.15) is 0 Å². The first-order chi connectivity index (χ1) is 10.2. The molecule has 3 fully saturated rings. The van der Waals surface area contributed by atoms with E-state index < -0.39 is 0 Å². The highest BCUT2D eigenvalue weighted by atomic mass is 16.5. The lowest BCUT2D eigenvalue weighted by molar-refractivity contribution is -0.166. The fourth-order valence-corrected chi connectivity index (χ4v) is 4.15. The Morgan fingerprint density at radius 2 is 2.10 bits per heavy atom. The van der Waals surface area contributed by atoms with Crippen molar-refractivity contribution in [1.29, 1.82) is 0 Å². The summed E-state index contributed by atoms with van der Waals surface area (Å²) in [4.78, 5) is 14.8. The van der Waals surface area contributed by atoms with Crippen molar-refractivity contribution in [2.45, 2.75) is 37.7 Å². The lowest BCUT2D eigenvalue weighted by atomic mass is 9.88. The minimum atomic E-state index is -0.158. The van der Waals surface area contributed by atoms with Crippen LogP contribution in [0.1, 0.15) is 32.1 Å². The topological polar surface area (TPSA) is 48.0 Å². The molecule has 0 unspecified atom stereocenters. The van der Waals surface area contributed by atoms with E-state index in [2.05, 4.69) is 0 Å². The Kier molecular flexibility index (Phi) is 4.82. The predicted octanol–water partition coefficient (Wildman–Crippen LogP) is 1.46. The van der Waals surface area contributed by atoms with Crippen LogP contribution in [-0.4, -0.2) is 63.0 Å². The lowest BCUT2D eigenvalue weighted by Gasteiger charge is -2.45. The molecular weight excluding hydrogens is 270 g/mol. The van der Waals surface area contributed by atoms with Crippen LogP contribution in [0.3, 0.4) is 0 Å². The van der Waals surface area contributed by atoms with Gasteiger partial charge < -0.3 is 19.1 Å². The quantitative estimate of drug-likeness (QED) is 0.791. The molecule has 1 aliphatic carbocycles. The standard InChI is InChI=1S/C16H27NO4/c1-19-11-14-3-2-6-16(14)12-17(7-10-21-16)15(18)13-4-8-20-9-5-13/h13-14H,2-12H2,1H3/t14-,16+/m0/s1. The van der Waals surface area contributed by atoms with Crippen LogP contribution in [0.15, 0.2) is 0 Å². The summed E-state index contributed by atoms with van der Waals surface area (Å²) in [5, 5.41) is 0. The molecule has 21 heavy (non-hydrogen) atoms. The normalized spacial score (nSPS) is 34.5. The van der Waals surface area contributed by atoms with Crippen molar-refractivity contribution < 1.29 is 19.0 Å². The Labute approximate surface area is 126 Å². The van der Waals surface area contributed by atoms with Crippen molar-refractivity contribution in [2.75, 3.05) is 46.6 Å². The Hall–Kier alpha value is -0.650. The molecule has 5 nitrogen and oxygen atoms in total. The van der Waals surface area contributed by atoms with E-state index in [4.69, 9.17) is 14.2 Å². The summed E-state index contributed by atoms with van der Waals surface area (Å²) < 4.78 is 16.9. The third kappa shape index (κ3) is 3.10. The van der Waals surface area contributed by atoms with Gasteiger partial charge in [0.1, 0.15) is 0 Å². The van der Waals surface area contributed by atoms with E-state index >= 15 is 0 Å². The minimum Gasteiger partial charge on any atom is -0.384 e. The fraction of sp³-hybridized carbons (Fsp3) is 0.938. The summed E-state index contributed by atoms with van der Waals surface area (Å²) in [7, 11) is 1.75. The van der Waals surface area contributed by atoms with Crippen molar-refractivity contribution in [2.24, 2.45) is 11.8 Å². The molecule has 2 aliphatic heterocycles. The first-order valence-electron chi connectivity index (χ1n) is 8.24. The van der Waals surface area contributed by atoms with Crippen LogP contribution in [0.4, 0.5) is 0 Å². The number of carbonyl (C=O) groups is 1. The fourth-order valence-electron chi connectivity index (χ4n) is 4.15. The molecular formula is C16H27NO4. The number of hydrogen-bond donors (Lipinski definition) is 0. The number of hydrogen-bond acceptors (Lipinski definition) is 4. The van der Waals surface area contributed by atoms with Gasteiger partial charge in [-0.05, 0) is 25.7 Å². The highest BCUT2D eigenvalue weighted by Gasteiger charge is 2.48. The number of ether oxygens (including phenoxy) is 3. The van der Waals surface area contributed by atoms with Gasteiger partial charge in [0.25, 0.3) is 0 Å².